The summed E-state index contributed by atoms with van der Waals surface area (Å²) in [5, 5.41) is 3.39. The average molecular weight is 285 g/mol. The van der Waals surface area contributed by atoms with Gasteiger partial charge in [-0.2, -0.15) is 0 Å². The third-order valence-electron chi connectivity index (χ3n) is 3.06. The minimum atomic E-state index is 0.649. The first-order valence-electron chi connectivity index (χ1n) is 7.27. The molecule has 5 heteroatoms. The first kappa shape index (κ1) is 15.4. The SMILES string of the molecule is CC(C)CNCc1cnc(N(C)Cc2cccnc2)nc1. The van der Waals surface area contributed by atoms with E-state index in [0.717, 1.165) is 36.7 Å². The van der Waals surface area contributed by atoms with Crippen LogP contribution in [0.1, 0.15) is 25.0 Å². The van der Waals surface area contributed by atoms with Crippen molar-refractivity contribution < 1.29 is 0 Å². The monoisotopic (exact) mass is 285 g/mol. The van der Waals surface area contributed by atoms with E-state index in [0.29, 0.717) is 5.92 Å². The zero-order valence-corrected chi connectivity index (χ0v) is 13.0. The van der Waals surface area contributed by atoms with Crippen molar-refractivity contribution in [2.24, 2.45) is 5.92 Å². The van der Waals surface area contributed by atoms with Crippen molar-refractivity contribution in [3.05, 3.63) is 48.0 Å². The molecule has 0 fully saturated rings. The lowest BCUT2D eigenvalue weighted by molar-refractivity contribution is 0.551. The number of hydrogen-bond acceptors (Lipinski definition) is 5. The fourth-order valence-corrected chi connectivity index (χ4v) is 1.98. The molecule has 21 heavy (non-hydrogen) atoms. The number of rotatable bonds is 7. The van der Waals surface area contributed by atoms with Crippen molar-refractivity contribution in [1.82, 2.24) is 20.3 Å². The second kappa shape index (κ2) is 7.69. The van der Waals surface area contributed by atoms with Crippen molar-refractivity contribution in [3.8, 4) is 0 Å². The van der Waals surface area contributed by atoms with Crippen LogP contribution in [0.15, 0.2) is 36.9 Å². The van der Waals surface area contributed by atoms with Gasteiger partial charge < -0.3 is 10.2 Å². The molecule has 0 aliphatic heterocycles. The summed E-state index contributed by atoms with van der Waals surface area (Å²) in [6, 6.07) is 3.99. The van der Waals surface area contributed by atoms with Crippen LogP contribution in [0.2, 0.25) is 0 Å². The fourth-order valence-electron chi connectivity index (χ4n) is 1.98. The van der Waals surface area contributed by atoms with E-state index in [-0.39, 0.29) is 0 Å². The Kier molecular flexibility index (Phi) is 5.63. The van der Waals surface area contributed by atoms with Gasteiger partial charge in [-0.05, 0) is 24.1 Å². The van der Waals surface area contributed by atoms with E-state index < -0.39 is 0 Å². The summed E-state index contributed by atoms with van der Waals surface area (Å²) in [6.07, 6.45) is 7.41. The van der Waals surface area contributed by atoms with Gasteiger partial charge in [0.05, 0.1) is 0 Å². The lowest BCUT2D eigenvalue weighted by Crippen LogP contribution is -2.21. The third-order valence-corrected chi connectivity index (χ3v) is 3.06. The summed E-state index contributed by atoms with van der Waals surface area (Å²) in [6.45, 7) is 6.95. The van der Waals surface area contributed by atoms with Gasteiger partial charge in [-0.3, -0.25) is 4.98 Å². The summed E-state index contributed by atoms with van der Waals surface area (Å²) in [7, 11) is 1.99. The first-order chi connectivity index (χ1) is 10.1. The van der Waals surface area contributed by atoms with Gasteiger partial charge in [-0.15, -0.1) is 0 Å². The van der Waals surface area contributed by atoms with E-state index in [9.17, 15) is 0 Å². The predicted octanol–water partition coefficient (Wildman–Crippen LogP) is 2.25. The second-order valence-electron chi connectivity index (χ2n) is 5.63. The summed E-state index contributed by atoms with van der Waals surface area (Å²) < 4.78 is 0. The minimum Gasteiger partial charge on any atom is -0.340 e. The number of aromatic nitrogens is 3. The van der Waals surface area contributed by atoms with Crippen LogP contribution in [-0.2, 0) is 13.1 Å². The Labute approximate surface area is 126 Å². The molecule has 0 aliphatic rings. The molecule has 0 radical (unpaired) electrons. The Morgan fingerprint density at radius 3 is 2.52 bits per heavy atom. The molecule has 1 N–H and O–H groups in total. The maximum atomic E-state index is 4.43. The Hall–Kier alpha value is -2.01. The van der Waals surface area contributed by atoms with Crippen LogP contribution in [0.4, 0.5) is 5.95 Å². The normalized spacial score (nSPS) is 10.9. The van der Waals surface area contributed by atoms with Gasteiger partial charge in [-0.25, -0.2) is 9.97 Å². The largest absolute Gasteiger partial charge is 0.340 e. The highest BCUT2D eigenvalue weighted by molar-refractivity contribution is 5.30. The molecule has 2 aromatic heterocycles. The molecule has 0 saturated carbocycles. The Morgan fingerprint density at radius 1 is 1.14 bits per heavy atom. The maximum Gasteiger partial charge on any atom is 0.225 e. The van der Waals surface area contributed by atoms with Crippen molar-refractivity contribution in [2.45, 2.75) is 26.9 Å². The van der Waals surface area contributed by atoms with Crippen LogP contribution in [0.5, 0.6) is 0 Å². The van der Waals surface area contributed by atoms with E-state index in [2.05, 4.69) is 34.1 Å². The number of anilines is 1. The topological polar surface area (TPSA) is 53.9 Å². The van der Waals surface area contributed by atoms with Gasteiger partial charge in [0, 0.05) is 50.5 Å². The number of nitrogens with one attached hydrogen (secondary N) is 1. The van der Waals surface area contributed by atoms with E-state index >= 15 is 0 Å². The first-order valence-corrected chi connectivity index (χ1v) is 7.27. The van der Waals surface area contributed by atoms with Gasteiger partial charge in [0.25, 0.3) is 0 Å². The maximum absolute atomic E-state index is 4.43. The number of nitrogens with zero attached hydrogens (tertiary/aromatic N) is 4. The Morgan fingerprint density at radius 2 is 1.90 bits per heavy atom. The highest BCUT2D eigenvalue weighted by atomic mass is 15.2. The van der Waals surface area contributed by atoms with Crippen LogP contribution in [-0.4, -0.2) is 28.5 Å². The van der Waals surface area contributed by atoms with E-state index in [1.54, 1.807) is 6.20 Å². The molecule has 0 bridgehead atoms. The van der Waals surface area contributed by atoms with Gasteiger partial charge in [0.1, 0.15) is 0 Å². The van der Waals surface area contributed by atoms with Crippen LogP contribution in [0, 0.1) is 5.92 Å². The highest BCUT2D eigenvalue weighted by Gasteiger charge is 2.05. The average Bonchev–Trinajstić information content (AvgIpc) is 2.48. The van der Waals surface area contributed by atoms with Gasteiger partial charge in [0.15, 0.2) is 0 Å². The molecule has 0 amide bonds. The van der Waals surface area contributed by atoms with Crippen LogP contribution in [0.25, 0.3) is 0 Å². The molecule has 2 rings (SSSR count). The van der Waals surface area contributed by atoms with Crippen LogP contribution in [0.3, 0.4) is 0 Å². The molecule has 0 unspecified atom stereocenters. The molecule has 0 atom stereocenters. The smallest absolute Gasteiger partial charge is 0.225 e. The van der Waals surface area contributed by atoms with E-state index in [1.165, 1.54) is 0 Å². The molecule has 0 saturated heterocycles. The summed E-state index contributed by atoms with van der Waals surface area (Å²) in [5.74, 6) is 1.38. The minimum absolute atomic E-state index is 0.649. The zero-order chi connectivity index (χ0) is 15.1. The molecular formula is C16H23N5. The van der Waals surface area contributed by atoms with Crippen molar-refractivity contribution in [3.63, 3.8) is 0 Å². The number of pyridine rings is 1. The molecule has 112 valence electrons. The fraction of sp³-hybridized carbons (Fsp3) is 0.438. The summed E-state index contributed by atoms with van der Waals surface area (Å²) in [4.78, 5) is 15.0. The third kappa shape index (κ3) is 5.11. The van der Waals surface area contributed by atoms with Crippen molar-refractivity contribution in [1.29, 1.82) is 0 Å². The molecule has 2 heterocycles. The number of hydrogen-bond donors (Lipinski definition) is 1. The molecular weight excluding hydrogens is 262 g/mol. The lowest BCUT2D eigenvalue weighted by atomic mass is 10.2. The van der Waals surface area contributed by atoms with Gasteiger partial charge >= 0.3 is 0 Å². The second-order valence-corrected chi connectivity index (χ2v) is 5.63. The molecule has 0 aromatic carbocycles. The standard InChI is InChI=1S/C16H23N5/c1-13(2)7-18-9-15-10-19-16(20-11-15)21(3)12-14-5-4-6-17-8-14/h4-6,8,10-11,13,18H,7,9,12H2,1-3H3. The quantitative estimate of drug-likeness (QED) is 0.845. The Bertz CT molecular complexity index is 524. The van der Waals surface area contributed by atoms with E-state index in [1.807, 2.05) is 42.7 Å². The van der Waals surface area contributed by atoms with E-state index in [4.69, 9.17) is 0 Å². The molecule has 0 spiro atoms. The Balaban J connectivity index is 1.89. The summed E-state index contributed by atoms with van der Waals surface area (Å²) >= 11 is 0. The van der Waals surface area contributed by atoms with Gasteiger partial charge in [-0.1, -0.05) is 19.9 Å². The van der Waals surface area contributed by atoms with Crippen LogP contribution >= 0.6 is 0 Å². The molecule has 5 nitrogen and oxygen atoms in total. The zero-order valence-electron chi connectivity index (χ0n) is 13.0. The molecule has 0 aliphatic carbocycles. The molecule has 2 aromatic rings. The highest BCUT2D eigenvalue weighted by Crippen LogP contribution is 2.09. The van der Waals surface area contributed by atoms with Gasteiger partial charge in [0.2, 0.25) is 5.95 Å². The predicted molar refractivity (Wildman–Crippen MR) is 84.9 cm³/mol. The van der Waals surface area contributed by atoms with Crippen molar-refractivity contribution >= 4 is 5.95 Å². The van der Waals surface area contributed by atoms with Crippen molar-refractivity contribution in [2.75, 3.05) is 18.5 Å². The lowest BCUT2D eigenvalue weighted by Gasteiger charge is -2.17. The summed E-state index contributed by atoms with van der Waals surface area (Å²) in [5.41, 5.74) is 2.25. The van der Waals surface area contributed by atoms with Crippen LogP contribution < -0.4 is 10.2 Å².